The van der Waals surface area contributed by atoms with Gasteiger partial charge in [-0.05, 0) is 44.4 Å². The highest BCUT2D eigenvalue weighted by molar-refractivity contribution is 5.95. The quantitative estimate of drug-likeness (QED) is 0.930. The van der Waals surface area contributed by atoms with Gasteiger partial charge in [0.1, 0.15) is 11.5 Å². The fourth-order valence-corrected chi connectivity index (χ4v) is 2.90. The first-order chi connectivity index (χ1) is 9.99. The first-order valence-corrected chi connectivity index (χ1v) is 7.59. The third kappa shape index (κ3) is 3.84. The molecule has 0 radical (unpaired) electrons. The molecule has 0 aromatic heterocycles. The summed E-state index contributed by atoms with van der Waals surface area (Å²) in [5.41, 5.74) is 1.25. The van der Waals surface area contributed by atoms with Crippen molar-refractivity contribution >= 4 is 11.7 Å². The first-order valence-electron chi connectivity index (χ1n) is 7.59. The van der Waals surface area contributed by atoms with E-state index in [1.54, 1.807) is 26.0 Å². The normalized spacial score (nSPS) is 19.1. The van der Waals surface area contributed by atoms with Crippen molar-refractivity contribution in [2.24, 2.45) is 0 Å². The van der Waals surface area contributed by atoms with E-state index in [0.29, 0.717) is 18.5 Å². The monoisotopic (exact) mass is 289 g/mol. The minimum absolute atomic E-state index is 0.0130. The van der Waals surface area contributed by atoms with E-state index in [0.717, 1.165) is 31.2 Å². The summed E-state index contributed by atoms with van der Waals surface area (Å²) in [6.07, 6.45) is 4.42. The maximum atomic E-state index is 12.7. The summed E-state index contributed by atoms with van der Waals surface area (Å²) in [6.45, 7) is 4.06. The number of phenolic OH excluding ortho intramolecular Hbond substituents is 1. The zero-order chi connectivity index (χ0) is 15.4. The molecule has 1 fully saturated rings. The van der Waals surface area contributed by atoms with Gasteiger partial charge in [-0.3, -0.25) is 9.59 Å². The highest BCUT2D eigenvalue weighted by Gasteiger charge is 2.27. The Bertz CT molecular complexity index is 539. The minimum Gasteiger partial charge on any atom is -0.508 e. The molecule has 0 spiro atoms. The second-order valence-electron chi connectivity index (χ2n) is 5.91. The van der Waals surface area contributed by atoms with Gasteiger partial charge in [0.2, 0.25) is 0 Å². The van der Waals surface area contributed by atoms with Crippen LogP contribution in [0.3, 0.4) is 0 Å². The number of hydrogen-bond donors (Lipinski definition) is 1. The molecule has 0 saturated carbocycles. The van der Waals surface area contributed by atoms with Crippen LogP contribution in [-0.2, 0) is 4.79 Å². The summed E-state index contributed by atoms with van der Waals surface area (Å²) >= 11 is 0. The maximum Gasteiger partial charge on any atom is 0.254 e. The predicted octanol–water partition coefficient (Wildman–Crippen LogP) is 3.06. The molecule has 2 rings (SSSR count). The molecule has 1 aromatic rings. The molecule has 114 valence electrons. The van der Waals surface area contributed by atoms with Crippen LogP contribution >= 0.6 is 0 Å². The van der Waals surface area contributed by atoms with Crippen LogP contribution in [0, 0.1) is 6.92 Å². The van der Waals surface area contributed by atoms with Crippen molar-refractivity contribution in [1.82, 2.24) is 4.90 Å². The number of amides is 1. The molecule has 1 aliphatic rings. The van der Waals surface area contributed by atoms with Crippen molar-refractivity contribution in [1.29, 1.82) is 0 Å². The molecule has 1 aromatic carbocycles. The van der Waals surface area contributed by atoms with E-state index < -0.39 is 0 Å². The van der Waals surface area contributed by atoms with Gasteiger partial charge in [0.05, 0.1) is 0 Å². The average molecular weight is 289 g/mol. The molecule has 4 nitrogen and oxygen atoms in total. The SMILES string of the molecule is CC(=O)CC1CCCCCN1C(=O)c1ccc(C)c(O)c1. The van der Waals surface area contributed by atoms with Crippen molar-refractivity contribution in [3.05, 3.63) is 29.3 Å². The van der Waals surface area contributed by atoms with E-state index in [1.165, 1.54) is 6.07 Å². The van der Waals surface area contributed by atoms with Crippen molar-refractivity contribution < 1.29 is 14.7 Å². The van der Waals surface area contributed by atoms with E-state index in [4.69, 9.17) is 0 Å². The molecule has 1 saturated heterocycles. The number of aromatic hydroxyl groups is 1. The van der Waals surface area contributed by atoms with Crippen LogP contribution in [-0.4, -0.2) is 34.3 Å². The topological polar surface area (TPSA) is 57.6 Å². The van der Waals surface area contributed by atoms with Gasteiger partial charge in [0.15, 0.2) is 0 Å². The number of benzene rings is 1. The van der Waals surface area contributed by atoms with E-state index in [-0.39, 0.29) is 23.5 Å². The maximum absolute atomic E-state index is 12.7. The van der Waals surface area contributed by atoms with Gasteiger partial charge >= 0.3 is 0 Å². The lowest BCUT2D eigenvalue weighted by Gasteiger charge is -2.29. The van der Waals surface area contributed by atoms with E-state index in [1.807, 2.05) is 4.90 Å². The van der Waals surface area contributed by atoms with E-state index in [2.05, 4.69) is 0 Å². The molecule has 1 N–H and O–H groups in total. The lowest BCUT2D eigenvalue weighted by Crippen LogP contribution is -2.41. The number of phenols is 1. The fourth-order valence-electron chi connectivity index (χ4n) is 2.90. The Labute approximate surface area is 125 Å². The summed E-state index contributed by atoms with van der Waals surface area (Å²) in [5.74, 6) is 0.170. The molecule has 1 heterocycles. The number of rotatable bonds is 3. The van der Waals surface area contributed by atoms with Gasteiger partial charge in [-0.1, -0.05) is 18.9 Å². The predicted molar refractivity (Wildman–Crippen MR) is 81.4 cm³/mol. The van der Waals surface area contributed by atoms with Crippen molar-refractivity contribution in [3.63, 3.8) is 0 Å². The van der Waals surface area contributed by atoms with Crippen LogP contribution in [0.5, 0.6) is 5.75 Å². The molecule has 1 aliphatic heterocycles. The molecule has 1 amide bonds. The molecule has 4 heteroatoms. The summed E-state index contributed by atoms with van der Waals surface area (Å²) < 4.78 is 0. The van der Waals surface area contributed by atoms with Gasteiger partial charge in [-0.25, -0.2) is 0 Å². The highest BCUT2D eigenvalue weighted by atomic mass is 16.3. The Morgan fingerprint density at radius 3 is 2.71 bits per heavy atom. The summed E-state index contributed by atoms with van der Waals surface area (Å²) in [5, 5.41) is 9.79. The minimum atomic E-state index is -0.0848. The second kappa shape index (κ2) is 6.74. The third-order valence-corrected chi connectivity index (χ3v) is 4.12. The van der Waals surface area contributed by atoms with Gasteiger partial charge in [0.25, 0.3) is 5.91 Å². The van der Waals surface area contributed by atoms with Gasteiger partial charge in [0, 0.05) is 24.6 Å². The standard InChI is InChI=1S/C17H23NO3/c1-12-7-8-14(11-16(12)20)17(21)18-9-5-3-4-6-15(18)10-13(2)19/h7-8,11,15,20H,3-6,9-10H2,1-2H3. The van der Waals surface area contributed by atoms with Crippen LogP contribution in [0.15, 0.2) is 18.2 Å². The lowest BCUT2D eigenvalue weighted by atomic mass is 10.0. The van der Waals surface area contributed by atoms with Crippen LogP contribution in [0.2, 0.25) is 0 Å². The summed E-state index contributed by atoms with van der Waals surface area (Å²) in [7, 11) is 0. The summed E-state index contributed by atoms with van der Waals surface area (Å²) in [6, 6.07) is 5.00. The number of aryl methyl sites for hydroxylation is 1. The Balaban J connectivity index is 2.23. The number of carbonyl (C=O) groups excluding carboxylic acids is 2. The van der Waals surface area contributed by atoms with Gasteiger partial charge < -0.3 is 10.0 Å². The molecular formula is C17H23NO3. The van der Waals surface area contributed by atoms with Crippen LogP contribution in [0.1, 0.15) is 54.9 Å². The number of nitrogens with zero attached hydrogens (tertiary/aromatic N) is 1. The Morgan fingerprint density at radius 2 is 2.05 bits per heavy atom. The smallest absolute Gasteiger partial charge is 0.254 e. The highest BCUT2D eigenvalue weighted by Crippen LogP contribution is 2.24. The number of likely N-dealkylation sites (tertiary alicyclic amines) is 1. The number of hydrogen-bond acceptors (Lipinski definition) is 3. The Hall–Kier alpha value is -1.84. The Morgan fingerprint density at radius 1 is 1.29 bits per heavy atom. The van der Waals surface area contributed by atoms with Crippen molar-refractivity contribution in [2.45, 2.75) is 52.0 Å². The molecular weight excluding hydrogens is 266 g/mol. The van der Waals surface area contributed by atoms with E-state index >= 15 is 0 Å². The number of carbonyl (C=O) groups is 2. The zero-order valence-corrected chi connectivity index (χ0v) is 12.8. The third-order valence-electron chi connectivity index (χ3n) is 4.12. The van der Waals surface area contributed by atoms with Crippen LogP contribution in [0.25, 0.3) is 0 Å². The lowest BCUT2D eigenvalue weighted by molar-refractivity contribution is -0.118. The van der Waals surface area contributed by atoms with E-state index in [9.17, 15) is 14.7 Å². The second-order valence-corrected chi connectivity index (χ2v) is 5.91. The number of Topliss-reactive ketones (excluding diaryl/α,β-unsaturated/α-hetero) is 1. The molecule has 0 aliphatic carbocycles. The van der Waals surface area contributed by atoms with Gasteiger partial charge in [-0.2, -0.15) is 0 Å². The number of ketones is 1. The molecule has 0 bridgehead atoms. The average Bonchev–Trinajstić information content (AvgIpc) is 2.66. The zero-order valence-electron chi connectivity index (χ0n) is 12.8. The molecule has 1 atom stereocenters. The first kappa shape index (κ1) is 15.5. The fraction of sp³-hybridized carbons (Fsp3) is 0.529. The molecule has 21 heavy (non-hydrogen) atoms. The largest absolute Gasteiger partial charge is 0.508 e. The van der Waals surface area contributed by atoms with Crippen LogP contribution in [0.4, 0.5) is 0 Å². The van der Waals surface area contributed by atoms with Gasteiger partial charge in [-0.15, -0.1) is 0 Å². The van der Waals surface area contributed by atoms with Crippen LogP contribution < -0.4 is 0 Å². The Kier molecular flexibility index (Phi) is 4.99. The molecule has 1 unspecified atom stereocenters. The van der Waals surface area contributed by atoms with Crippen molar-refractivity contribution in [3.8, 4) is 5.75 Å². The summed E-state index contributed by atoms with van der Waals surface area (Å²) in [4.78, 5) is 26.0. The van der Waals surface area contributed by atoms with Crippen molar-refractivity contribution in [2.75, 3.05) is 6.54 Å².